The number of carbonyl (C=O) groups excluding carboxylic acids is 1. The first-order chi connectivity index (χ1) is 20.6. The molecule has 3 aromatic carbocycles. The second-order valence-electron chi connectivity index (χ2n) is 11.5. The van der Waals surface area contributed by atoms with Gasteiger partial charge >= 0.3 is 6.03 Å². The van der Waals surface area contributed by atoms with Crippen molar-refractivity contribution in [2.24, 2.45) is 5.41 Å². The number of likely N-dealkylation sites (tertiary alicyclic amines) is 1. The third-order valence-electron chi connectivity index (χ3n) is 8.61. The van der Waals surface area contributed by atoms with Crippen molar-refractivity contribution in [3.05, 3.63) is 82.4 Å². The topological polar surface area (TPSA) is 121 Å². The number of fused-ring (bicyclic) bond motifs is 3. The van der Waals surface area contributed by atoms with Gasteiger partial charge < -0.3 is 28.6 Å². The Morgan fingerprint density at radius 1 is 0.952 bits per heavy atom. The Morgan fingerprint density at radius 2 is 1.62 bits per heavy atom. The molecule has 42 heavy (non-hydrogen) atoms. The summed E-state index contributed by atoms with van der Waals surface area (Å²) in [7, 11) is 0. The van der Waals surface area contributed by atoms with Crippen molar-refractivity contribution in [3.8, 4) is 17.6 Å². The van der Waals surface area contributed by atoms with Crippen LogP contribution in [0.2, 0.25) is 0 Å². The summed E-state index contributed by atoms with van der Waals surface area (Å²) in [6, 6.07) is 19.2. The highest BCUT2D eigenvalue weighted by atomic mass is 16.7. The summed E-state index contributed by atoms with van der Waals surface area (Å²) in [5.41, 5.74) is 5.72. The fourth-order valence-electron chi connectivity index (χ4n) is 6.52. The Balaban J connectivity index is 0.978. The van der Waals surface area contributed by atoms with Gasteiger partial charge in [0.2, 0.25) is 0 Å². The Hall–Kier alpha value is -4.50. The average molecular weight is 566 g/mol. The molecule has 1 aromatic heterocycles. The third kappa shape index (κ3) is 4.27. The molecule has 0 radical (unpaired) electrons. The molecule has 4 heterocycles. The number of aromatic nitrogens is 3. The first-order valence-corrected chi connectivity index (χ1v) is 13.9. The number of hydrogen-bond donors (Lipinski definition) is 0. The van der Waals surface area contributed by atoms with Gasteiger partial charge in [-0.2, -0.15) is 9.94 Å². The maximum Gasteiger partial charge on any atom is 0.346 e. The zero-order chi connectivity index (χ0) is 28.3. The minimum Gasteiger partial charge on any atom is -0.467 e. The Kier molecular flexibility index (Phi) is 5.89. The molecule has 1 spiro atoms. The van der Waals surface area contributed by atoms with Gasteiger partial charge in [0.15, 0.2) is 13.6 Å². The zero-order valence-corrected chi connectivity index (χ0v) is 22.7. The molecular formula is C31H27N5O6. The van der Waals surface area contributed by atoms with Gasteiger partial charge in [0.1, 0.15) is 23.1 Å². The van der Waals surface area contributed by atoms with E-state index < -0.39 is 0 Å². The van der Waals surface area contributed by atoms with Crippen LogP contribution in [0.4, 0.5) is 4.79 Å². The Morgan fingerprint density at radius 3 is 2.26 bits per heavy atom. The third-order valence-corrected chi connectivity index (χ3v) is 8.61. The maximum atomic E-state index is 13.2. The molecule has 3 aliphatic heterocycles. The van der Waals surface area contributed by atoms with Gasteiger partial charge in [0.25, 0.3) is 0 Å². The van der Waals surface area contributed by atoms with E-state index in [1.165, 1.54) is 4.68 Å². The summed E-state index contributed by atoms with van der Waals surface area (Å²) in [6.45, 7) is 2.81. The zero-order valence-electron chi connectivity index (χ0n) is 22.7. The highest BCUT2D eigenvalue weighted by Gasteiger charge is 2.55. The van der Waals surface area contributed by atoms with E-state index in [9.17, 15) is 4.79 Å². The van der Waals surface area contributed by atoms with E-state index in [1.54, 1.807) is 23.1 Å². The molecule has 4 aromatic rings. The molecule has 4 aliphatic rings. The van der Waals surface area contributed by atoms with E-state index in [0.717, 1.165) is 46.6 Å². The van der Waals surface area contributed by atoms with Crippen LogP contribution in [0, 0.1) is 16.7 Å². The molecule has 8 rings (SSSR count). The summed E-state index contributed by atoms with van der Waals surface area (Å²) < 4.78 is 30.4. The van der Waals surface area contributed by atoms with Crippen LogP contribution in [0.5, 0.6) is 11.5 Å². The van der Waals surface area contributed by atoms with Crippen LogP contribution >= 0.6 is 0 Å². The molecule has 0 atom stereocenters. The highest BCUT2D eigenvalue weighted by Crippen LogP contribution is 2.51. The molecule has 1 aliphatic carbocycles. The molecular weight excluding hydrogens is 538 g/mol. The highest BCUT2D eigenvalue weighted by molar-refractivity contribution is 5.88. The number of nitrogens with zero attached hydrogens (tertiary/aromatic N) is 5. The quantitative estimate of drug-likeness (QED) is 0.357. The van der Waals surface area contributed by atoms with Crippen LogP contribution in [-0.2, 0) is 27.4 Å². The van der Waals surface area contributed by atoms with Crippen molar-refractivity contribution in [2.45, 2.75) is 38.3 Å². The second kappa shape index (κ2) is 9.80. The SMILES string of the molecule is N#Cc1ccc2c(c1)nnn2C(=O)N1CC2(CC(OC(c3ccc4c(c3)COCO4)c3ccc4c(c3)COCO4)C2)C1. The normalized spacial score (nSPS) is 18.8. The number of amides is 1. The van der Waals surface area contributed by atoms with Crippen LogP contribution in [0.3, 0.4) is 0 Å². The lowest BCUT2D eigenvalue weighted by Crippen LogP contribution is -2.66. The van der Waals surface area contributed by atoms with E-state index in [2.05, 4.69) is 40.6 Å². The van der Waals surface area contributed by atoms with E-state index in [-0.39, 0.29) is 37.2 Å². The van der Waals surface area contributed by atoms with Gasteiger partial charge in [0, 0.05) is 29.6 Å². The molecule has 11 heteroatoms. The van der Waals surface area contributed by atoms with Crippen LogP contribution in [0.25, 0.3) is 11.0 Å². The molecule has 0 bridgehead atoms. The second-order valence-corrected chi connectivity index (χ2v) is 11.5. The first kappa shape index (κ1) is 25.2. The van der Waals surface area contributed by atoms with Crippen LogP contribution in [0.1, 0.15) is 46.8 Å². The maximum absolute atomic E-state index is 13.2. The number of carbonyl (C=O) groups is 1. The lowest BCUT2D eigenvalue weighted by molar-refractivity contribution is -0.152. The van der Waals surface area contributed by atoms with E-state index in [0.29, 0.717) is 42.9 Å². The largest absolute Gasteiger partial charge is 0.467 e. The summed E-state index contributed by atoms with van der Waals surface area (Å²) >= 11 is 0. The van der Waals surface area contributed by atoms with Crippen molar-refractivity contribution in [1.82, 2.24) is 19.9 Å². The Labute approximate surface area is 241 Å². The average Bonchev–Trinajstić information content (AvgIpc) is 3.42. The fourth-order valence-corrected chi connectivity index (χ4v) is 6.52. The first-order valence-electron chi connectivity index (χ1n) is 13.9. The summed E-state index contributed by atoms with van der Waals surface area (Å²) in [4.78, 5) is 15.0. The van der Waals surface area contributed by atoms with Crippen molar-refractivity contribution < 1.29 is 28.5 Å². The van der Waals surface area contributed by atoms with Gasteiger partial charge in [-0.15, -0.1) is 5.10 Å². The minimum atomic E-state index is -0.288. The van der Waals surface area contributed by atoms with Crippen molar-refractivity contribution in [3.63, 3.8) is 0 Å². The predicted molar refractivity (Wildman–Crippen MR) is 146 cm³/mol. The molecule has 1 saturated heterocycles. The molecule has 0 N–H and O–H groups in total. The fraction of sp³-hybridized carbons (Fsp3) is 0.355. The van der Waals surface area contributed by atoms with Crippen molar-refractivity contribution >= 4 is 17.1 Å². The van der Waals surface area contributed by atoms with Crippen LogP contribution in [-0.4, -0.2) is 58.7 Å². The minimum absolute atomic E-state index is 0.0459. The van der Waals surface area contributed by atoms with E-state index in [4.69, 9.17) is 28.9 Å². The molecule has 212 valence electrons. The van der Waals surface area contributed by atoms with Crippen molar-refractivity contribution in [1.29, 1.82) is 5.26 Å². The number of hydrogen-bond acceptors (Lipinski definition) is 9. The summed E-state index contributed by atoms with van der Waals surface area (Å²) in [5, 5.41) is 17.3. The van der Waals surface area contributed by atoms with Gasteiger partial charge in [-0.25, -0.2) is 4.79 Å². The standard InChI is InChI=1S/C31H27N5O6/c32-12-19-1-4-26-25(7-19)33-34-36(26)30(37)35-15-31(16-35)10-24(11-31)42-29(20-2-5-27-22(8-20)13-38-17-40-27)21-3-6-28-23(9-21)14-39-18-41-28/h1-9,24,29H,10-11,13-18H2. The van der Waals surface area contributed by atoms with Crippen molar-refractivity contribution in [2.75, 3.05) is 26.7 Å². The predicted octanol–water partition coefficient (Wildman–Crippen LogP) is 4.27. The lowest BCUT2D eigenvalue weighted by atomic mass is 9.62. The summed E-state index contributed by atoms with van der Waals surface area (Å²) in [5.74, 6) is 1.67. The van der Waals surface area contributed by atoms with E-state index in [1.807, 2.05) is 12.1 Å². The smallest absolute Gasteiger partial charge is 0.346 e. The number of benzene rings is 3. The molecule has 11 nitrogen and oxygen atoms in total. The molecule has 2 fully saturated rings. The number of ether oxygens (including phenoxy) is 5. The van der Waals surface area contributed by atoms with Gasteiger partial charge in [-0.3, -0.25) is 0 Å². The van der Waals surface area contributed by atoms with Gasteiger partial charge in [0.05, 0.1) is 36.5 Å². The monoisotopic (exact) mass is 565 g/mol. The lowest BCUT2D eigenvalue weighted by Gasteiger charge is -2.58. The Bertz CT molecular complexity index is 1690. The van der Waals surface area contributed by atoms with E-state index >= 15 is 0 Å². The number of nitriles is 1. The van der Waals surface area contributed by atoms with Crippen LogP contribution < -0.4 is 9.47 Å². The van der Waals surface area contributed by atoms with Crippen LogP contribution in [0.15, 0.2) is 54.6 Å². The summed E-state index contributed by atoms with van der Waals surface area (Å²) in [6.07, 6.45) is 1.50. The van der Waals surface area contributed by atoms with Gasteiger partial charge in [-0.05, 0) is 66.4 Å². The van der Waals surface area contributed by atoms with Gasteiger partial charge in [-0.1, -0.05) is 17.3 Å². The number of rotatable bonds is 4. The molecule has 1 amide bonds. The molecule has 1 saturated carbocycles. The molecule has 0 unspecified atom stereocenters.